The van der Waals surface area contributed by atoms with Crippen LogP contribution in [0.4, 0.5) is 9.52 Å². The fourth-order valence-electron chi connectivity index (χ4n) is 2.89. The van der Waals surface area contributed by atoms with Crippen molar-refractivity contribution in [2.45, 2.75) is 19.8 Å². The number of halogens is 1. The van der Waals surface area contributed by atoms with E-state index in [0.29, 0.717) is 27.9 Å². The molecule has 0 aliphatic rings. The second-order valence-electron chi connectivity index (χ2n) is 6.03. The lowest BCUT2D eigenvalue weighted by atomic mass is 9.94. The molecular weight excluding hydrogens is 363 g/mol. The molecule has 6 heteroatoms. The molecule has 1 atom stereocenters. The molecule has 0 saturated heterocycles. The Bertz CT molecular complexity index is 941. The number of esters is 1. The van der Waals surface area contributed by atoms with Gasteiger partial charge in [0, 0.05) is 18.5 Å². The zero-order chi connectivity index (χ0) is 19.4. The van der Waals surface area contributed by atoms with Crippen molar-refractivity contribution in [2.24, 2.45) is 0 Å². The van der Waals surface area contributed by atoms with E-state index in [-0.39, 0.29) is 11.7 Å². The van der Waals surface area contributed by atoms with E-state index in [0.717, 1.165) is 11.1 Å². The van der Waals surface area contributed by atoms with Crippen LogP contribution < -0.4 is 5.32 Å². The minimum Gasteiger partial charge on any atom is -0.462 e. The maximum Gasteiger partial charge on any atom is 0.350 e. The summed E-state index contributed by atoms with van der Waals surface area (Å²) in [5, 5.41) is 3.58. The summed E-state index contributed by atoms with van der Waals surface area (Å²) in [4.78, 5) is 17.2. The number of nitrogens with one attached hydrogen (secondary N) is 1. The molecule has 0 aliphatic heterocycles. The molecule has 0 bridgehead atoms. The minimum atomic E-state index is -0.403. The first-order chi connectivity index (χ1) is 13.0. The van der Waals surface area contributed by atoms with Crippen LogP contribution in [0.15, 0.2) is 48.5 Å². The molecule has 1 heterocycles. The lowest BCUT2D eigenvalue weighted by Gasteiger charge is -2.13. The first-order valence-corrected chi connectivity index (χ1v) is 9.57. The minimum absolute atomic E-state index is 0.248. The number of thiazole rings is 1. The number of carbonyl (C=O) groups is 1. The smallest absolute Gasteiger partial charge is 0.350 e. The van der Waals surface area contributed by atoms with E-state index in [1.54, 1.807) is 20.0 Å². The summed E-state index contributed by atoms with van der Waals surface area (Å²) >= 11 is 1.24. The van der Waals surface area contributed by atoms with Crippen molar-refractivity contribution in [2.75, 3.05) is 19.0 Å². The van der Waals surface area contributed by atoms with Gasteiger partial charge < -0.3 is 10.1 Å². The van der Waals surface area contributed by atoms with Crippen LogP contribution in [0, 0.1) is 5.82 Å². The molecule has 3 rings (SSSR count). The molecule has 0 fully saturated rings. The van der Waals surface area contributed by atoms with Crippen LogP contribution in [0.2, 0.25) is 0 Å². The van der Waals surface area contributed by atoms with E-state index in [1.165, 1.54) is 17.4 Å². The third-order valence-electron chi connectivity index (χ3n) is 4.32. The van der Waals surface area contributed by atoms with Gasteiger partial charge in [-0.25, -0.2) is 14.2 Å². The Labute approximate surface area is 162 Å². The van der Waals surface area contributed by atoms with Crippen molar-refractivity contribution in [3.05, 3.63) is 70.5 Å². The van der Waals surface area contributed by atoms with E-state index in [9.17, 15) is 9.18 Å². The summed E-state index contributed by atoms with van der Waals surface area (Å²) in [6.45, 7) is 3.97. The summed E-state index contributed by atoms with van der Waals surface area (Å²) in [5.41, 5.74) is 2.72. The molecule has 140 valence electrons. The van der Waals surface area contributed by atoms with Crippen LogP contribution >= 0.6 is 11.3 Å². The Morgan fingerprint density at radius 2 is 2.00 bits per heavy atom. The molecule has 0 aliphatic carbocycles. The highest BCUT2D eigenvalue weighted by Gasteiger charge is 2.24. The molecular formula is C21H21FN2O2S. The first-order valence-electron chi connectivity index (χ1n) is 8.75. The Morgan fingerprint density at radius 1 is 1.26 bits per heavy atom. The number of hydrogen-bond donors (Lipinski definition) is 1. The van der Waals surface area contributed by atoms with E-state index in [2.05, 4.69) is 10.3 Å². The number of nitrogens with zero attached hydrogens (tertiary/aromatic N) is 1. The van der Waals surface area contributed by atoms with Crippen LogP contribution in [-0.4, -0.2) is 24.6 Å². The SMILES string of the molecule is CCOC(=O)c1sc(NC)nc1C(C)c1ccc(-c2ccccc2)c(F)c1. The van der Waals surface area contributed by atoms with Crippen molar-refractivity contribution >= 4 is 22.4 Å². The van der Waals surface area contributed by atoms with Gasteiger partial charge in [-0.05, 0) is 24.1 Å². The van der Waals surface area contributed by atoms with Crippen LogP contribution in [0.5, 0.6) is 0 Å². The number of ether oxygens (including phenoxy) is 1. The average molecular weight is 384 g/mol. The van der Waals surface area contributed by atoms with Crippen LogP contribution in [0.25, 0.3) is 11.1 Å². The third-order valence-corrected chi connectivity index (χ3v) is 5.38. The van der Waals surface area contributed by atoms with Crippen molar-refractivity contribution in [1.29, 1.82) is 0 Å². The van der Waals surface area contributed by atoms with Crippen molar-refractivity contribution in [3.8, 4) is 11.1 Å². The molecule has 0 amide bonds. The zero-order valence-electron chi connectivity index (χ0n) is 15.5. The lowest BCUT2D eigenvalue weighted by Crippen LogP contribution is -2.08. The predicted molar refractivity (Wildman–Crippen MR) is 107 cm³/mol. The molecule has 1 unspecified atom stereocenters. The molecule has 27 heavy (non-hydrogen) atoms. The average Bonchev–Trinajstić information content (AvgIpc) is 3.13. The fraction of sp³-hybridized carbons (Fsp3) is 0.238. The van der Waals surface area contributed by atoms with Crippen LogP contribution in [0.1, 0.15) is 40.7 Å². The Morgan fingerprint density at radius 3 is 2.63 bits per heavy atom. The molecule has 0 spiro atoms. The Balaban J connectivity index is 1.97. The molecule has 2 aromatic carbocycles. The fourth-order valence-corrected chi connectivity index (χ4v) is 3.79. The van der Waals surface area contributed by atoms with Gasteiger partial charge in [0.05, 0.1) is 12.3 Å². The topological polar surface area (TPSA) is 51.2 Å². The summed E-state index contributed by atoms with van der Waals surface area (Å²) in [6.07, 6.45) is 0. The van der Waals surface area contributed by atoms with Crippen molar-refractivity contribution < 1.29 is 13.9 Å². The maximum absolute atomic E-state index is 14.7. The van der Waals surface area contributed by atoms with Gasteiger partial charge in [0.25, 0.3) is 0 Å². The largest absolute Gasteiger partial charge is 0.462 e. The Hall–Kier alpha value is -2.73. The summed E-state index contributed by atoms with van der Waals surface area (Å²) in [6, 6.07) is 14.6. The second-order valence-corrected chi connectivity index (χ2v) is 7.03. The number of hydrogen-bond acceptors (Lipinski definition) is 5. The van der Waals surface area contributed by atoms with Gasteiger partial charge in [0.2, 0.25) is 0 Å². The number of aromatic nitrogens is 1. The number of anilines is 1. The predicted octanol–water partition coefficient (Wildman–Crippen LogP) is 5.32. The normalized spacial score (nSPS) is 11.9. The van der Waals surface area contributed by atoms with Gasteiger partial charge >= 0.3 is 5.97 Å². The van der Waals surface area contributed by atoms with Gasteiger partial charge in [0.15, 0.2) is 5.13 Å². The number of rotatable bonds is 6. The summed E-state index contributed by atoms with van der Waals surface area (Å²) < 4.78 is 19.9. The lowest BCUT2D eigenvalue weighted by molar-refractivity contribution is 0.0530. The quantitative estimate of drug-likeness (QED) is 0.585. The monoisotopic (exact) mass is 384 g/mol. The zero-order valence-corrected chi connectivity index (χ0v) is 16.3. The molecule has 1 aromatic heterocycles. The van der Waals surface area contributed by atoms with Gasteiger partial charge in [0.1, 0.15) is 10.7 Å². The van der Waals surface area contributed by atoms with Crippen LogP contribution in [-0.2, 0) is 4.74 Å². The maximum atomic E-state index is 14.7. The highest BCUT2D eigenvalue weighted by molar-refractivity contribution is 7.17. The number of carbonyl (C=O) groups excluding carboxylic acids is 1. The van der Waals surface area contributed by atoms with Gasteiger partial charge in [-0.15, -0.1) is 0 Å². The molecule has 0 saturated carbocycles. The standard InChI is InChI=1S/C21H21FN2O2S/c1-4-26-20(25)19-18(24-21(23-3)27-19)13(2)15-10-11-16(17(22)12-15)14-8-6-5-7-9-14/h5-13H,4H2,1-3H3,(H,23,24). The van der Waals surface area contributed by atoms with E-state index >= 15 is 0 Å². The van der Waals surface area contributed by atoms with E-state index < -0.39 is 5.97 Å². The molecule has 4 nitrogen and oxygen atoms in total. The molecule has 0 radical (unpaired) electrons. The van der Waals surface area contributed by atoms with Crippen molar-refractivity contribution in [1.82, 2.24) is 4.98 Å². The molecule has 1 N–H and O–H groups in total. The third kappa shape index (κ3) is 4.01. The van der Waals surface area contributed by atoms with E-state index in [4.69, 9.17) is 4.74 Å². The highest BCUT2D eigenvalue weighted by Crippen LogP contribution is 2.34. The van der Waals surface area contributed by atoms with Gasteiger partial charge in [-0.3, -0.25) is 0 Å². The van der Waals surface area contributed by atoms with Crippen LogP contribution in [0.3, 0.4) is 0 Å². The summed E-state index contributed by atoms with van der Waals surface area (Å²) in [5.74, 6) is -0.950. The highest BCUT2D eigenvalue weighted by atomic mass is 32.1. The second kappa shape index (κ2) is 8.31. The van der Waals surface area contributed by atoms with Crippen molar-refractivity contribution in [3.63, 3.8) is 0 Å². The molecule has 3 aromatic rings. The first kappa shape index (κ1) is 19.0. The number of benzene rings is 2. The van der Waals surface area contributed by atoms with Gasteiger partial charge in [-0.2, -0.15) is 0 Å². The van der Waals surface area contributed by atoms with E-state index in [1.807, 2.05) is 43.3 Å². The van der Waals surface area contributed by atoms with Gasteiger partial charge in [-0.1, -0.05) is 60.7 Å². The Kier molecular flexibility index (Phi) is 5.86. The summed E-state index contributed by atoms with van der Waals surface area (Å²) in [7, 11) is 1.75.